The van der Waals surface area contributed by atoms with Crippen molar-refractivity contribution in [2.75, 3.05) is 19.0 Å². The Morgan fingerprint density at radius 1 is 1.00 bits per heavy atom. The number of nitrogens with zero attached hydrogens (tertiary/aromatic N) is 2. The molecule has 6 heteroatoms. The molecule has 6 nitrogen and oxygen atoms in total. The van der Waals surface area contributed by atoms with E-state index in [0.29, 0.717) is 29.5 Å². The third-order valence-electron chi connectivity index (χ3n) is 6.07. The topological polar surface area (TPSA) is 68.2 Å². The van der Waals surface area contributed by atoms with E-state index in [1.807, 2.05) is 42.5 Å². The Balaban J connectivity index is 1.60. The lowest BCUT2D eigenvalue weighted by Crippen LogP contribution is -2.27. The molecule has 186 valence electrons. The minimum Gasteiger partial charge on any atom is -0.497 e. The van der Waals surface area contributed by atoms with Crippen molar-refractivity contribution in [2.24, 2.45) is 0 Å². The number of aryl methyl sites for hydroxylation is 1. The zero-order chi connectivity index (χ0) is 25.5. The van der Waals surface area contributed by atoms with Gasteiger partial charge >= 0.3 is 0 Å². The molecule has 0 aliphatic carbocycles. The first-order valence-electron chi connectivity index (χ1n) is 12.3. The normalized spacial score (nSPS) is 11.0. The highest BCUT2D eigenvalue weighted by molar-refractivity contribution is 6.04. The number of aromatic nitrogens is 2. The molecule has 3 aromatic carbocycles. The highest BCUT2D eigenvalue weighted by Crippen LogP contribution is 2.29. The maximum atomic E-state index is 13.0. The third-order valence-corrected chi connectivity index (χ3v) is 6.07. The molecule has 2 N–H and O–H groups in total. The van der Waals surface area contributed by atoms with Crippen molar-refractivity contribution in [1.29, 1.82) is 0 Å². The molecule has 0 spiro atoms. The van der Waals surface area contributed by atoms with Gasteiger partial charge in [-0.1, -0.05) is 62.4 Å². The molecule has 0 saturated heterocycles. The first kappa shape index (κ1) is 25.2. The van der Waals surface area contributed by atoms with Crippen LogP contribution in [0.15, 0.2) is 78.9 Å². The fourth-order valence-electron chi connectivity index (χ4n) is 4.30. The number of rotatable bonds is 10. The van der Waals surface area contributed by atoms with Crippen LogP contribution in [0.1, 0.15) is 41.0 Å². The van der Waals surface area contributed by atoms with Crippen molar-refractivity contribution < 1.29 is 9.53 Å². The minimum absolute atomic E-state index is 0.152. The molecule has 0 aliphatic heterocycles. The Bertz CT molecular complexity index is 1310. The summed E-state index contributed by atoms with van der Waals surface area (Å²) in [4.78, 5) is 13.0. The molecule has 1 aromatic heterocycles. The van der Waals surface area contributed by atoms with Gasteiger partial charge in [0.15, 0.2) is 0 Å². The van der Waals surface area contributed by atoms with Crippen LogP contribution in [0.2, 0.25) is 0 Å². The number of carbonyl (C=O) groups is 1. The quantitative estimate of drug-likeness (QED) is 0.304. The Kier molecular flexibility index (Phi) is 8.18. The van der Waals surface area contributed by atoms with Gasteiger partial charge in [-0.05, 0) is 36.8 Å². The second kappa shape index (κ2) is 11.7. The van der Waals surface area contributed by atoms with Crippen LogP contribution in [-0.4, -0.2) is 35.4 Å². The Labute approximate surface area is 213 Å². The van der Waals surface area contributed by atoms with E-state index < -0.39 is 0 Å². The Morgan fingerprint density at radius 2 is 1.78 bits per heavy atom. The number of hydrogen-bond donors (Lipinski definition) is 2. The number of benzene rings is 3. The number of nitrogens with one attached hydrogen (secondary N) is 2. The van der Waals surface area contributed by atoms with Crippen LogP contribution in [0, 0.1) is 6.92 Å². The molecule has 0 radical (unpaired) electrons. The monoisotopic (exact) mass is 482 g/mol. The summed E-state index contributed by atoms with van der Waals surface area (Å²) >= 11 is 0. The van der Waals surface area contributed by atoms with E-state index in [2.05, 4.69) is 66.4 Å². The zero-order valence-electron chi connectivity index (χ0n) is 21.4. The fourth-order valence-corrected chi connectivity index (χ4v) is 4.30. The van der Waals surface area contributed by atoms with E-state index in [-0.39, 0.29) is 5.91 Å². The van der Waals surface area contributed by atoms with Crippen LogP contribution in [-0.2, 0) is 13.0 Å². The van der Waals surface area contributed by atoms with Crippen molar-refractivity contribution in [1.82, 2.24) is 15.1 Å². The van der Waals surface area contributed by atoms with Crippen molar-refractivity contribution in [3.63, 3.8) is 0 Å². The lowest BCUT2D eigenvalue weighted by Gasteiger charge is -2.13. The van der Waals surface area contributed by atoms with Crippen molar-refractivity contribution in [3.8, 4) is 17.0 Å². The molecule has 0 aliphatic rings. The van der Waals surface area contributed by atoms with Crippen LogP contribution in [0.5, 0.6) is 5.75 Å². The van der Waals surface area contributed by atoms with Gasteiger partial charge in [-0.25, -0.2) is 0 Å². The van der Waals surface area contributed by atoms with Crippen molar-refractivity contribution >= 4 is 11.6 Å². The van der Waals surface area contributed by atoms with Crippen LogP contribution < -0.4 is 15.4 Å². The van der Waals surface area contributed by atoms with Crippen molar-refractivity contribution in [3.05, 3.63) is 101 Å². The van der Waals surface area contributed by atoms with Crippen LogP contribution >= 0.6 is 0 Å². The van der Waals surface area contributed by atoms with Crippen LogP contribution in [0.3, 0.4) is 0 Å². The van der Waals surface area contributed by atoms with E-state index in [0.717, 1.165) is 35.6 Å². The van der Waals surface area contributed by atoms with Gasteiger partial charge in [-0.2, -0.15) is 5.10 Å². The Morgan fingerprint density at radius 3 is 2.53 bits per heavy atom. The number of methoxy groups -OCH3 is 1. The Hall–Kier alpha value is -3.90. The van der Waals surface area contributed by atoms with E-state index in [1.54, 1.807) is 13.2 Å². The lowest BCUT2D eigenvalue weighted by atomic mass is 9.98. The molecule has 0 saturated carbocycles. The second-order valence-electron chi connectivity index (χ2n) is 9.17. The highest BCUT2D eigenvalue weighted by Gasteiger charge is 2.18. The summed E-state index contributed by atoms with van der Waals surface area (Å²) < 4.78 is 7.37. The molecule has 36 heavy (non-hydrogen) atoms. The lowest BCUT2D eigenvalue weighted by molar-refractivity contribution is 0.102. The first-order valence-corrected chi connectivity index (χ1v) is 12.3. The number of hydrogen-bond acceptors (Lipinski definition) is 4. The van der Waals surface area contributed by atoms with Gasteiger partial charge in [-0.15, -0.1) is 0 Å². The maximum absolute atomic E-state index is 13.0. The second-order valence-corrected chi connectivity index (χ2v) is 9.17. The smallest absolute Gasteiger partial charge is 0.255 e. The maximum Gasteiger partial charge on any atom is 0.255 e. The molecule has 0 atom stereocenters. The summed E-state index contributed by atoms with van der Waals surface area (Å²) in [7, 11) is 1.61. The van der Waals surface area contributed by atoms with Gasteiger partial charge in [0.2, 0.25) is 0 Å². The minimum atomic E-state index is -0.152. The van der Waals surface area contributed by atoms with Gasteiger partial charge in [0.05, 0.1) is 25.0 Å². The van der Waals surface area contributed by atoms with Crippen LogP contribution in [0.25, 0.3) is 11.3 Å². The van der Waals surface area contributed by atoms with Gasteiger partial charge in [0.25, 0.3) is 5.91 Å². The molecular weight excluding hydrogens is 448 g/mol. The van der Waals surface area contributed by atoms with Gasteiger partial charge < -0.3 is 15.4 Å². The number of anilines is 1. The van der Waals surface area contributed by atoms with E-state index in [9.17, 15) is 4.79 Å². The highest BCUT2D eigenvalue weighted by atomic mass is 16.5. The average molecular weight is 483 g/mol. The molecule has 0 unspecified atom stereocenters. The zero-order valence-corrected chi connectivity index (χ0v) is 21.4. The molecule has 1 amide bonds. The summed E-state index contributed by atoms with van der Waals surface area (Å²) in [5, 5.41) is 11.3. The van der Waals surface area contributed by atoms with E-state index in [4.69, 9.17) is 9.84 Å². The number of ether oxygens (including phenoxy) is 1. The van der Waals surface area contributed by atoms with Gasteiger partial charge in [0.1, 0.15) is 5.75 Å². The first-order chi connectivity index (χ1) is 17.4. The number of carbonyl (C=O) groups excluding carboxylic acids is 1. The van der Waals surface area contributed by atoms with Crippen molar-refractivity contribution in [2.45, 2.75) is 39.8 Å². The van der Waals surface area contributed by atoms with E-state index in [1.165, 1.54) is 5.56 Å². The number of amides is 1. The standard InChI is InChI=1S/C30H34N4O2/c1-21(2)31-16-17-34-29(24-11-6-5-7-12-24)28(22(3)33-34)19-23-10-8-13-25(18-23)30(35)32-26-14-9-15-27(20-26)36-4/h5-15,18,20-21,31H,16-17,19H2,1-4H3,(H,32,35). The average Bonchev–Trinajstić information content (AvgIpc) is 3.19. The largest absolute Gasteiger partial charge is 0.497 e. The summed E-state index contributed by atoms with van der Waals surface area (Å²) in [6.45, 7) is 7.99. The van der Waals surface area contributed by atoms with Crippen LogP contribution in [0.4, 0.5) is 5.69 Å². The third kappa shape index (κ3) is 6.20. The molecule has 1 heterocycles. The molecule has 0 fully saturated rings. The molecular formula is C30H34N4O2. The summed E-state index contributed by atoms with van der Waals surface area (Å²) in [6.07, 6.45) is 0.688. The summed E-state index contributed by atoms with van der Waals surface area (Å²) in [5.74, 6) is 0.548. The molecule has 0 bridgehead atoms. The molecule has 4 aromatic rings. The fraction of sp³-hybridized carbons (Fsp3) is 0.267. The van der Waals surface area contributed by atoms with Gasteiger partial charge in [0, 0.05) is 47.5 Å². The molecule has 4 rings (SSSR count). The summed E-state index contributed by atoms with van der Waals surface area (Å²) in [5.41, 5.74) is 6.83. The van der Waals surface area contributed by atoms with Gasteiger partial charge in [-0.3, -0.25) is 9.48 Å². The predicted octanol–water partition coefficient (Wildman–Crippen LogP) is 5.71. The predicted molar refractivity (Wildman–Crippen MR) is 146 cm³/mol. The SMILES string of the molecule is COc1cccc(NC(=O)c2cccc(Cc3c(C)nn(CCNC(C)C)c3-c3ccccc3)c2)c1. The van der Waals surface area contributed by atoms with E-state index >= 15 is 0 Å². The summed E-state index contributed by atoms with van der Waals surface area (Å²) in [6, 6.07) is 26.0.